The summed E-state index contributed by atoms with van der Waals surface area (Å²) in [5, 5.41) is 12.1. The molecule has 0 spiro atoms. The topological polar surface area (TPSA) is 69.6 Å². The minimum absolute atomic E-state index is 0.160. The Hall–Kier alpha value is -1.10. The molecule has 0 aromatic carbocycles. The lowest BCUT2D eigenvalue weighted by atomic mass is 9.84. The van der Waals surface area contributed by atoms with Gasteiger partial charge in [-0.1, -0.05) is 6.92 Å². The molecule has 2 unspecified atom stereocenters. The number of hydrogen-bond donors (Lipinski definition) is 2. The van der Waals surface area contributed by atoms with Crippen LogP contribution in [0.15, 0.2) is 0 Å². The van der Waals surface area contributed by atoms with E-state index in [1.54, 1.807) is 4.90 Å². The first-order valence-electron chi connectivity index (χ1n) is 7.26. The van der Waals surface area contributed by atoms with Crippen molar-refractivity contribution in [1.29, 1.82) is 0 Å². The highest BCUT2D eigenvalue weighted by Gasteiger charge is 2.33. The second-order valence-electron chi connectivity index (χ2n) is 6.05. The van der Waals surface area contributed by atoms with Crippen LogP contribution in [-0.4, -0.2) is 48.1 Å². The van der Waals surface area contributed by atoms with Crippen LogP contribution in [0.1, 0.15) is 32.6 Å². The molecule has 0 aromatic rings. The Morgan fingerprint density at radius 2 is 2.16 bits per heavy atom. The number of nitrogens with zero attached hydrogens (tertiary/aromatic N) is 1. The number of carbonyl (C=O) groups is 2. The Labute approximate surface area is 114 Å². The van der Waals surface area contributed by atoms with Crippen molar-refractivity contribution in [2.45, 2.75) is 32.6 Å². The number of likely N-dealkylation sites (tertiary alicyclic amines) is 1. The van der Waals surface area contributed by atoms with Gasteiger partial charge in [-0.3, -0.25) is 9.59 Å². The van der Waals surface area contributed by atoms with Gasteiger partial charge in [0.2, 0.25) is 5.91 Å². The number of amides is 1. The number of nitrogens with one attached hydrogen (secondary N) is 1. The fourth-order valence-corrected chi connectivity index (χ4v) is 3.09. The van der Waals surface area contributed by atoms with Crippen LogP contribution < -0.4 is 5.32 Å². The van der Waals surface area contributed by atoms with Crippen LogP contribution in [0.2, 0.25) is 0 Å². The first kappa shape index (κ1) is 14.3. The maximum atomic E-state index is 12.1. The number of carboxylic acid groups (broad SMARTS) is 1. The normalized spacial score (nSPS) is 25.7. The molecule has 0 radical (unpaired) electrons. The highest BCUT2D eigenvalue weighted by atomic mass is 16.4. The van der Waals surface area contributed by atoms with Gasteiger partial charge in [-0.15, -0.1) is 0 Å². The van der Waals surface area contributed by atoms with Gasteiger partial charge < -0.3 is 15.3 Å². The third kappa shape index (κ3) is 3.93. The van der Waals surface area contributed by atoms with Gasteiger partial charge in [0.05, 0.1) is 6.42 Å². The summed E-state index contributed by atoms with van der Waals surface area (Å²) in [6, 6.07) is 0. The summed E-state index contributed by atoms with van der Waals surface area (Å²) in [5.41, 5.74) is 0. The minimum atomic E-state index is -0.765. The van der Waals surface area contributed by atoms with Crippen molar-refractivity contribution in [3.05, 3.63) is 0 Å². The molecule has 0 aromatic heterocycles. The summed E-state index contributed by atoms with van der Waals surface area (Å²) in [5.74, 6) is 0.610. The van der Waals surface area contributed by atoms with Crippen LogP contribution in [0.4, 0.5) is 0 Å². The van der Waals surface area contributed by atoms with Crippen molar-refractivity contribution in [2.75, 3.05) is 26.2 Å². The van der Waals surface area contributed by atoms with Crippen LogP contribution in [-0.2, 0) is 9.59 Å². The zero-order chi connectivity index (χ0) is 13.8. The molecule has 108 valence electrons. The average molecular weight is 268 g/mol. The lowest BCUT2D eigenvalue weighted by molar-refractivity contribution is -0.145. The summed E-state index contributed by atoms with van der Waals surface area (Å²) in [6.07, 6.45) is 3.20. The summed E-state index contributed by atoms with van der Waals surface area (Å²) >= 11 is 0. The SMILES string of the molecule is CC(CC(=O)N1CC(CC(=O)O)C1)C1CCCNC1. The Balaban J connectivity index is 1.68. The van der Waals surface area contributed by atoms with E-state index in [1.807, 2.05) is 0 Å². The second kappa shape index (κ2) is 6.37. The van der Waals surface area contributed by atoms with Gasteiger partial charge in [0.1, 0.15) is 0 Å². The Bertz CT molecular complexity index is 334. The van der Waals surface area contributed by atoms with E-state index in [0.717, 1.165) is 13.1 Å². The van der Waals surface area contributed by atoms with E-state index in [1.165, 1.54) is 12.8 Å². The van der Waals surface area contributed by atoms with Crippen molar-refractivity contribution in [1.82, 2.24) is 10.2 Å². The summed E-state index contributed by atoms with van der Waals surface area (Å²) in [6.45, 7) is 5.53. The van der Waals surface area contributed by atoms with Crippen LogP contribution in [0, 0.1) is 17.8 Å². The monoisotopic (exact) mass is 268 g/mol. The van der Waals surface area contributed by atoms with E-state index in [9.17, 15) is 9.59 Å². The Morgan fingerprint density at radius 3 is 2.74 bits per heavy atom. The quantitative estimate of drug-likeness (QED) is 0.779. The molecule has 2 N–H and O–H groups in total. The summed E-state index contributed by atoms with van der Waals surface area (Å²) in [4.78, 5) is 24.4. The summed E-state index contributed by atoms with van der Waals surface area (Å²) in [7, 11) is 0. The van der Waals surface area contributed by atoms with E-state index in [4.69, 9.17) is 5.11 Å². The summed E-state index contributed by atoms with van der Waals surface area (Å²) < 4.78 is 0. The molecule has 1 amide bonds. The number of aliphatic carboxylic acids is 1. The number of hydrogen-bond acceptors (Lipinski definition) is 3. The lowest BCUT2D eigenvalue weighted by Gasteiger charge is -2.40. The average Bonchev–Trinajstić information content (AvgIpc) is 2.33. The fourth-order valence-electron chi connectivity index (χ4n) is 3.09. The molecular formula is C14H24N2O3. The van der Waals surface area contributed by atoms with Crippen LogP contribution in [0.3, 0.4) is 0 Å². The zero-order valence-electron chi connectivity index (χ0n) is 11.6. The number of rotatable bonds is 5. The molecule has 19 heavy (non-hydrogen) atoms. The molecule has 2 aliphatic heterocycles. The molecule has 0 bridgehead atoms. The van der Waals surface area contributed by atoms with Gasteiger partial charge in [0.25, 0.3) is 0 Å². The van der Waals surface area contributed by atoms with E-state index in [0.29, 0.717) is 31.3 Å². The molecule has 2 fully saturated rings. The number of carboxylic acids is 1. The Morgan fingerprint density at radius 1 is 1.42 bits per heavy atom. The first-order valence-corrected chi connectivity index (χ1v) is 7.26. The van der Waals surface area contributed by atoms with Crippen molar-refractivity contribution >= 4 is 11.9 Å². The van der Waals surface area contributed by atoms with Crippen molar-refractivity contribution in [3.63, 3.8) is 0 Å². The van der Waals surface area contributed by atoms with Crippen molar-refractivity contribution in [3.8, 4) is 0 Å². The van der Waals surface area contributed by atoms with Crippen LogP contribution >= 0.6 is 0 Å². The van der Waals surface area contributed by atoms with E-state index >= 15 is 0 Å². The second-order valence-corrected chi connectivity index (χ2v) is 6.05. The highest BCUT2D eigenvalue weighted by molar-refractivity contribution is 5.77. The largest absolute Gasteiger partial charge is 0.481 e. The van der Waals surface area contributed by atoms with E-state index in [2.05, 4.69) is 12.2 Å². The van der Waals surface area contributed by atoms with Gasteiger partial charge in [-0.25, -0.2) is 0 Å². The van der Waals surface area contributed by atoms with Crippen molar-refractivity contribution < 1.29 is 14.7 Å². The van der Waals surface area contributed by atoms with E-state index in [-0.39, 0.29) is 18.2 Å². The molecule has 2 atom stereocenters. The molecule has 0 saturated carbocycles. The first-order chi connectivity index (χ1) is 9.06. The van der Waals surface area contributed by atoms with Crippen LogP contribution in [0.5, 0.6) is 0 Å². The molecule has 2 aliphatic rings. The van der Waals surface area contributed by atoms with Crippen LogP contribution in [0.25, 0.3) is 0 Å². The molecule has 5 nitrogen and oxygen atoms in total. The van der Waals surface area contributed by atoms with Gasteiger partial charge in [-0.2, -0.15) is 0 Å². The highest BCUT2D eigenvalue weighted by Crippen LogP contribution is 2.26. The van der Waals surface area contributed by atoms with Gasteiger partial charge >= 0.3 is 5.97 Å². The van der Waals surface area contributed by atoms with Gasteiger partial charge in [0, 0.05) is 25.4 Å². The third-order valence-corrected chi connectivity index (χ3v) is 4.41. The third-order valence-electron chi connectivity index (χ3n) is 4.41. The number of piperidine rings is 1. The molecular weight excluding hydrogens is 244 g/mol. The van der Waals surface area contributed by atoms with Gasteiger partial charge in [-0.05, 0) is 37.8 Å². The maximum absolute atomic E-state index is 12.1. The predicted octanol–water partition coefficient (Wildman–Crippen LogP) is 0.945. The molecule has 0 aliphatic carbocycles. The van der Waals surface area contributed by atoms with E-state index < -0.39 is 5.97 Å². The number of carbonyl (C=O) groups excluding carboxylic acids is 1. The smallest absolute Gasteiger partial charge is 0.303 e. The lowest BCUT2D eigenvalue weighted by Crippen LogP contribution is -2.51. The Kier molecular flexibility index (Phi) is 4.80. The standard InChI is InChI=1S/C14H24N2O3/c1-10(12-3-2-4-15-7-12)5-13(17)16-8-11(9-16)6-14(18)19/h10-12,15H,2-9H2,1H3,(H,18,19). The molecule has 2 rings (SSSR count). The zero-order valence-corrected chi connectivity index (χ0v) is 11.6. The maximum Gasteiger partial charge on any atom is 0.303 e. The fraction of sp³-hybridized carbons (Fsp3) is 0.857. The molecule has 5 heteroatoms. The molecule has 2 saturated heterocycles. The van der Waals surface area contributed by atoms with Crippen molar-refractivity contribution in [2.24, 2.45) is 17.8 Å². The van der Waals surface area contributed by atoms with Gasteiger partial charge in [0.15, 0.2) is 0 Å². The predicted molar refractivity (Wildman–Crippen MR) is 71.7 cm³/mol. The minimum Gasteiger partial charge on any atom is -0.481 e. The molecule has 2 heterocycles.